The number of rotatable bonds is 3. The first-order valence-corrected chi connectivity index (χ1v) is 10.5. The van der Waals surface area contributed by atoms with Gasteiger partial charge in [0.15, 0.2) is 11.5 Å². The van der Waals surface area contributed by atoms with Crippen LogP contribution in [-0.4, -0.2) is 48.7 Å². The first kappa shape index (κ1) is 19.0. The van der Waals surface area contributed by atoms with E-state index in [1.165, 1.54) is 0 Å². The van der Waals surface area contributed by atoms with Crippen molar-refractivity contribution in [3.8, 4) is 0 Å². The van der Waals surface area contributed by atoms with Crippen molar-refractivity contribution in [3.05, 3.63) is 39.7 Å². The van der Waals surface area contributed by atoms with Crippen LogP contribution in [0.5, 0.6) is 0 Å². The summed E-state index contributed by atoms with van der Waals surface area (Å²) in [5.74, 6) is 1.36. The lowest BCUT2D eigenvalue weighted by atomic mass is 9.92. The van der Waals surface area contributed by atoms with E-state index >= 15 is 0 Å². The van der Waals surface area contributed by atoms with Crippen LogP contribution in [0.4, 0.5) is 0 Å². The molecule has 4 rings (SSSR count). The molecular formula is C20H26N6OS. The van der Waals surface area contributed by atoms with Gasteiger partial charge in [-0.1, -0.05) is 20.8 Å². The summed E-state index contributed by atoms with van der Waals surface area (Å²) in [6.07, 6.45) is 4.03. The molecule has 3 aromatic heterocycles. The summed E-state index contributed by atoms with van der Waals surface area (Å²) in [7, 11) is 0. The highest BCUT2D eigenvalue weighted by molar-refractivity contribution is 7.11. The maximum atomic E-state index is 12.6. The predicted octanol–water partition coefficient (Wildman–Crippen LogP) is 3.14. The maximum Gasteiger partial charge on any atom is 0.227 e. The molecular weight excluding hydrogens is 372 g/mol. The Labute approximate surface area is 168 Å². The van der Waals surface area contributed by atoms with Crippen LogP contribution in [0, 0.1) is 6.92 Å². The van der Waals surface area contributed by atoms with Gasteiger partial charge in [0.2, 0.25) is 5.91 Å². The second-order valence-electron chi connectivity index (χ2n) is 8.47. The van der Waals surface area contributed by atoms with E-state index in [4.69, 9.17) is 5.10 Å². The van der Waals surface area contributed by atoms with Gasteiger partial charge in [-0.3, -0.25) is 4.79 Å². The van der Waals surface area contributed by atoms with E-state index in [1.807, 2.05) is 34.7 Å². The number of piperidine rings is 1. The van der Waals surface area contributed by atoms with Crippen molar-refractivity contribution in [2.45, 2.75) is 58.3 Å². The number of fused-ring (bicyclic) bond motifs is 1. The molecule has 0 bridgehead atoms. The molecule has 1 aliphatic rings. The molecule has 0 atom stereocenters. The van der Waals surface area contributed by atoms with Gasteiger partial charge in [0.25, 0.3) is 0 Å². The first-order chi connectivity index (χ1) is 13.3. The van der Waals surface area contributed by atoms with Crippen LogP contribution >= 0.6 is 11.3 Å². The first-order valence-electron chi connectivity index (χ1n) is 9.73. The highest BCUT2D eigenvalue weighted by atomic mass is 32.1. The Morgan fingerprint density at radius 2 is 1.96 bits per heavy atom. The monoisotopic (exact) mass is 398 g/mol. The highest BCUT2D eigenvalue weighted by Gasteiger charge is 2.28. The third kappa shape index (κ3) is 3.78. The van der Waals surface area contributed by atoms with Crippen molar-refractivity contribution in [2.75, 3.05) is 13.1 Å². The van der Waals surface area contributed by atoms with Gasteiger partial charge < -0.3 is 4.90 Å². The average molecular weight is 399 g/mol. The second kappa shape index (κ2) is 7.24. The standard InChI is InChI=1S/C20H26N6OS/c1-13-21-12-15(28-13)11-18(27)25-9-7-14(8-10-25)19-23-22-17-6-5-16(20(2,3)4)24-26(17)19/h5-6,12,14H,7-11H2,1-4H3. The van der Waals surface area contributed by atoms with Gasteiger partial charge in [0.1, 0.15) is 0 Å². The third-order valence-electron chi connectivity index (χ3n) is 5.26. The molecule has 0 spiro atoms. The van der Waals surface area contributed by atoms with Crippen molar-refractivity contribution >= 4 is 22.9 Å². The molecule has 3 aromatic rings. The Morgan fingerprint density at radius 1 is 1.21 bits per heavy atom. The third-order valence-corrected chi connectivity index (χ3v) is 6.18. The number of likely N-dealkylation sites (tertiary alicyclic amines) is 1. The van der Waals surface area contributed by atoms with Gasteiger partial charge in [0, 0.05) is 35.5 Å². The lowest BCUT2D eigenvalue weighted by Crippen LogP contribution is -2.39. The van der Waals surface area contributed by atoms with Crippen molar-refractivity contribution in [1.29, 1.82) is 0 Å². The number of nitrogens with zero attached hydrogens (tertiary/aromatic N) is 6. The largest absolute Gasteiger partial charge is 0.342 e. The minimum absolute atomic E-state index is 0.0273. The Morgan fingerprint density at radius 3 is 2.61 bits per heavy atom. The number of amides is 1. The molecule has 148 valence electrons. The number of hydrogen-bond donors (Lipinski definition) is 0. The smallest absolute Gasteiger partial charge is 0.227 e. The zero-order valence-electron chi connectivity index (χ0n) is 16.8. The summed E-state index contributed by atoms with van der Waals surface area (Å²) in [6.45, 7) is 9.91. The average Bonchev–Trinajstić information content (AvgIpc) is 3.26. The Balaban J connectivity index is 1.45. The normalized spacial score (nSPS) is 16.1. The molecule has 1 saturated heterocycles. The Bertz CT molecular complexity index is 994. The molecule has 1 amide bonds. The molecule has 0 N–H and O–H groups in total. The quantitative estimate of drug-likeness (QED) is 0.677. The molecule has 1 aliphatic heterocycles. The van der Waals surface area contributed by atoms with Crippen LogP contribution in [0.1, 0.15) is 60.9 Å². The van der Waals surface area contributed by atoms with Gasteiger partial charge in [0.05, 0.1) is 17.1 Å². The van der Waals surface area contributed by atoms with Crippen molar-refractivity contribution in [2.24, 2.45) is 0 Å². The van der Waals surface area contributed by atoms with E-state index in [1.54, 1.807) is 11.3 Å². The molecule has 0 saturated carbocycles. The highest BCUT2D eigenvalue weighted by Crippen LogP contribution is 2.28. The summed E-state index contributed by atoms with van der Waals surface area (Å²) < 4.78 is 1.89. The summed E-state index contributed by atoms with van der Waals surface area (Å²) >= 11 is 1.59. The van der Waals surface area contributed by atoms with Crippen LogP contribution in [0.25, 0.3) is 5.65 Å². The summed E-state index contributed by atoms with van der Waals surface area (Å²) in [5.41, 5.74) is 1.77. The SMILES string of the molecule is Cc1ncc(CC(=O)N2CCC(c3nnc4ccc(C(C)(C)C)nn34)CC2)s1. The second-order valence-corrected chi connectivity index (χ2v) is 9.79. The van der Waals surface area contributed by atoms with E-state index in [2.05, 4.69) is 36.0 Å². The fraction of sp³-hybridized carbons (Fsp3) is 0.550. The molecule has 4 heterocycles. The Kier molecular flexibility index (Phi) is 4.91. The fourth-order valence-corrected chi connectivity index (χ4v) is 4.38. The van der Waals surface area contributed by atoms with Crippen molar-refractivity contribution in [1.82, 2.24) is 29.7 Å². The molecule has 0 unspecified atom stereocenters. The molecule has 0 radical (unpaired) electrons. The number of aromatic nitrogens is 5. The van der Waals surface area contributed by atoms with E-state index in [0.717, 1.165) is 53.0 Å². The minimum atomic E-state index is -0.0273. The van der Waals surface area contributed by atoms with Gasteiger partial charge in [-0.05, 0) is 31.9 Å². The molecule has 0 aliphatic carbocycles. The van der Waals surface area contributed by atoms with Crippen LogP contribution in [0.15, 0.2) is 18.3 Å². The van der Waals surface area contributed by atoms with Gasteiger partial charge in [-0.2, -0.15) is 9.61 Å². The lowest BCUT2D eigenvalue weighted by Gasteiger charge is -2.31. The zero-order valence-corrected chi connectivity index (χ0v) is 17.7. The number of carbonyl (C=O) groups is 1. The van der Waals surface area contributed by atoms with Crippen LogP contribution in [0.3, 0.4) is 0 Å². The maximum absolute atomic E-state index is 12.6. The van der Waals surface area contributed by atoms with Crippen LogP contribution < -0.4 is 0 Å². The predicted molar refractivity (Wildman–Crippen MR) is 109 cm³/mol. The minimum Gasteiger partial charge on any atom is -0.342 e. The van der Waals surface area contributed by atoms with E-state index < -0.39 is 0 Å². The Hall–Kier alpha value is -2.35. The molecule has 1 fully saturated rings. The van der Waals surface area contributed by atoms with E-state index in [0.29, 0.717) is 6.42 Å². The van der Waals surface area contributed by atoms with Gasteiger partial charge in [-0.25, -0.2) is 4.98 Å². The van der Waals surface area contributed by atoms with Crippen molar-refractivity contribution < 1.29 is 4.79 Å². The number of hydrogen-bond acceptors (Lipinski definition) is 6. The van der Waals surface area contributed by atoms with Gasteiger partial charge in [-0.15, -0.1) is 21.5 Å². The van der Waals surface area contributed by atoms with Gasteiger partial charge >= 0.3 is 0 Å². The zero-order chi connectivity index (χ0) is 19.9. The number of aryl methyl sites for hydroxylation is 1. The summed E-state index contributed by atoms with van der Waals surface area (Å²) in [4.78, 5) is 19.8. The summed E-state index contributed by atoms with van der Waals surface area (Å²) in [5, 5.41) is 14.5. The van der Waals surface area contributed by atoms with E-state index in [-0.39, 0.29) is 17.2 Å². The molecule has 0 aromatic carbocycles. The topological polar surface area (TPSA) is 76.3 Å². The fourth-order valence-electron chi connectivity index (χ4n) is 3.60. The molecule has 28 heavy (non-hydrogen) atoms. The van der Waals surface area contributed by atoms with Crippen molar-refractivity contribution in [3.63, 3.8) is 0 Å². The van der Waals surface area contributed by atoms with Crippen LogP contribution in [-0.2, 0) is 16.6 Å². The van der Waals surface area contributed by atoms with Crippen LogP contribution in [0.2, 0.25) is 0 Å². The van der Waals surface area contributed by atoms with E-state index in [9.17, 15) is 4.79 Å². The lowest BCUT2D eigenvalue weighted by molar-refractivity contribution is -0.131. The molecule has 8 heteroatoms. The number of carbonyl (C=O) groups excluding carboxylic acids is 1. The summed E-state index contributed by atoms with van der Waals surface area (Å²) in [6, 6.07) is 4.01. The molecule has 7 nitrogen and oxygen atoms in total. The number of thiazole rings is 1.